The van der Waals surface area contributed by atoms with Gasteiger partial charge in [0.25, 0.3) is 0 Å². The van der Waals surface area contributed by atoms with Gasteiger partial charge in [0.1, 0.15) is 6.33 Å². The molecule has 1 aromatic carbocycles. The Morgan fingerprint density at radius 3 is 2.78 bits per heavy atom. The molecule has 2 saturated heterocycles. The minimum atomic E-state index is 0.376. The molecule has 6 rings (SSSR count). The number of piperidine rings is 1. The van der Waals surface area contributed by atoms with E-state index >= 15 is 0 Å². The van der Waals surface area contributed by atoms with Gasteiger partial charge in [0.15, 0.2) is 11.4 Å². The molecule has 7 nitrogen and oxygen atoms in total. The minimum absolute atomic E-state index is 0.376. The van der Waals surface area contributed by atoms with Crippen molar-refractivity contribution >= 4 is 16.6 Å². The molecule has 4 aromatic rings. The zero-order valence-electron chi connectivity index (χ0n) is 21.7. The van der Waals surface area contributed by atoms with Crippen LogP contribution in [0.4, 0.5) is 0 Å². The van der Waals surface area contributed by atoms with Crippen molar-refractivity contribution in [1.82, 2.24) is 24.5 Å². The first-order chi connectivity index (χ1) is 17.6. The Morgan fingerprint density at radius 2 is 2.03 bits per heavy atom. The Balaban J connectivity index is 1.27. The highest BCUT2D eigenvalue weighted by Crippen LogP contribution is 2.39. The number of hydrogen-bond donors (Lipinski definition) is 1. The minimum Gasteiger partial charge on any atom is -0.493 e. The molecule has 36 heavy (non-hydrogen) atoms. The fourth-order valence-corrected chi connectivity index (χ4v) is 6.26. The molecule has 2 aliphatic heterocycles. The van der Waals surface area contributed by atoms with E-state index in [2.05, 4.69) is 58.1 Å². The molecule has 1 N–H and O–H groups in total. The summed E-state index contributed by atoms with van der Waals surface area (Å²) < 4.78 is 13.1. The molecule has 1 atom stereocenters. The Hall–Kier alpha value is -2.90. The maximum atomic E-state index is 5.70. The van der Waals surface area contributed by atoms with Crippen LogP contribution in [0.25, 0.3) is 27.8 Å². The number of pyridine rings is 1. The number of aromatic amines is 1. The third kappa shape index (κ3) is 4.39. The van der Waals surface area contributed by atoms with E-state index in [1.807, 2.05) is 6.20 Å². The fraction of sp³-hybridized carbons (Fsp3) is 0.517. The van der Waals surface area contributed by atoms with Gasteiger partial charge in [-0.2, -0.15) is 5.10 Å². The number of aromatic nitrogens is 4. The summed E-state index contributed by atoms with van der Waals surface area (Å²) >= 11 is 0. The lowest BCUT2D eigenvalue weighted by Gasteiger charge is -2.35. The molecule has 7 heteroatoms. The Kier molecular flexibility index (Phi) is 6.44. The van der Waals surface area contributed by atoms with Crippen molar-refractivity contribution in [2.45, 2.75) is 51.4 Å². The number of H-pyrrole nitrogens is 1. The molecule has 2 aliphatic rings. The van der Waals surface area contributed by atoms with E-state index in [0.717, 1.165) is 35.9 Å². The zero-order valence-corrected chi connectivity index (χ0v) is 21.7. The van der Waals surface area contributed by atoms with Gasteiger partial charge in [-0.05, 0) is 85.9 Å². The molecular formula is C29H37N5O2. The summed E-state index contributed by atoms with van der Waals surface area (Å²) in [5, 5.41) is 5.69. The first kappa shape index (κ1) is 23.5. The van der Waals surface area contributed by atoms with Gasteiger partial charge in [-0.1, -0.05) is 19.9 Å². The average Bonchev–Trinajstić information content (AvgIpc) is 3.53. The normalized spacial score (nSPS) is 20.1. The molecule has 2 fully saturated rings. The number of nitrogens with zero attached hydrogens (tertiary/aromatic N) is 4. The topological polar surface area (TPSA) is 67.7 Å². The van der Waals surface area contributed by atoms with Crippen LogP contribution in [0.3, 0.4) is 0 Å². The molecule has 0 bridgehead atoms. The number of ether oxygens (including phenoxy) is 2. The van der Waals surface area contributed by atoms with E-state index in [-0.39, 0.29) is 0 Å². The molecule has 5 heterocycles. The summed E-state index contributed by atoms with van der Waals surface area (Å²) in [4.78, 5) is 10.7. The summed E-state index contributed by atoms with van der Waals surface area (Å²) in [6.07, 6.45) is 8.60. The van der Waals surface area contributed by atoms with Gasteiger partial charge >= 0.3 is 0 Å². The van der Waals surface area contributed by atoms with E-state index in [1.165, 1.54) is 67.3 Å². The van der Waals surface area contributed by atoms with Crippen molar-refractivity contribution in [1.29, 1.82) is 0 Å². The van der Waals surface area contributed by atoms with Crippen molar-refractivity contribution in [2.24, 2.45) is 5.92 Å². The fourth-order valence-electron chi connectivity index (χ4n) is 6.26. The van der Waals surface area contributed by atoms with Gasteiger partial charge in [0, 0.05) is 35.8 Å². The second kappa shape index (κ2) is 9.87. The summed E-state index contributed by atoms with van der Waals surface area (Å²) in [6, 6.07) is 9.13. The molecule has 0 saturated carbocycles. The van der Waals surface area contributed by atoms with E-state index < -0.39 is 0 Å². The van der Waals surface area contributed by atoms with Crippen LogP contribution in [0.15, 0.2) is 36.8 Å². The largest absolute Gasteiger partial charge is 0.493 e. The summed E-state index contributed by atoms with van der Waals surface area (Å²) in [7, 11) is 1.68. The van der Waals surface area contributed by atoms with Crippen molar-refractivity contribution in [3.8, 4) is 17.0 Å². The predicted octanol–water partition coefficient (Wildman–Crippen LogP) is 5.62. The van der Waals surface area contributed by atoms with Gasteiger partial charge in [0.2, 0.25) is 0 Å². The number of likely N-dealkylation sites (tertiary alicyclic amines) is 1. The Morgan fingerprint density at radius 1 is 1.17 bits per heavy atom. The molecule has 190 valence electrons. The standard InChI is InChI=1S/C29H37N5O2/c1-19(2)27-24-13-22(21-8-10-33(11-9-21)15-20-5-4-12-36-17-20)6-7-25(24)32-28(27)23-14-26(35-3)29-30-18-31-34(29)16-23/h6-7,13-14,16,18-21,32H,4-5,8-12,15,17H2,1-3H3/t20-/m1/s1. The number of benzene rings is 1. The summed E-state index contributed by atoms with van der Waals surface area (Å²) in [5.41, 5.74) is 6.93. The lowest BCUT2D eigenvalue weighted by Crippen LogP contribution is -2.38. The van der Waals surface area contributed by atoms with Crippen molar-refractivity contribution in [3.63, 3.8) is 0 Å². The van der Waals surface area contributed by atoms with Crippen LogP contribution >= 0.6 is 0 Å². The van der Waals surface area contributed by atoms with Gasteiger partial charge in [-0.15, -0.1) is 0 Å². The van der Waals surface area contributed by atoms with E-state index in [1.54, 1.807) is 18.0 Å². The Labute approximate surface area is 212 Å². The van der Waals surface area contributed by atoms with Gasteiger partial charge in [0.05, 0.1) is 19.4 Å². The molecular weight excluding hydrogens is 450 g/mol. The summed E-state index contributed by atoms with van der Waals surface area (Å²) in [5.74, 6) is 2.44. The van der Waals surface area contributed by atoms with Crippen LogP contribution in [0, 0.1) is 5.92 Å². The highest BCUT2D eigenvalue weighted by atomic mass is 16.5. The maximum Gasteiger partial charge on any atom is 0.197 e. The second-order valence-electron chi connectivity index (χ2n) is 10.9. The maximum absolute atomic E-state index is 5.70. The lowest BCUT2D eigenvalue weighted by molar-refractivity contribution is 0.0346. The van der Waals surface area contributed by atoms with Crippen LogP contribution in [0.2, 0.25) is 0 Å². The number of nitrogens with one attached hydrogen (secondary N) is 1. The van der Waals surface area contributed by atoms with Crippen molar-refractivity contribution in [2.75, 3.05) is 40.0 Å². The third-order valence-electron chi connectivity index (χ3n) is 8.12. The number of rotatable bonds is 6. The van der Waals surface area contributed by atoms with E-state index in [9.17, 15) is 0 Å². The molecule has 0 radical (unpaired) electrons. The monoisotopic (exact) mass is 487 g/mol. The second-order valence-corrected chi connectivity index (χ2v) is 10.9. The van der Waals surface area contributed by atoms with E-state index in [0.29, 0.717) is 17.8 Å². The lowest BCUT2D eigenvalue weighted by atomic mass is 9.87. The molecule has 0 amide bonds. The van der Waals surface area contributed by atoms with E-state index in [4.69, 9.17) is 9.47 Å². The van der Waals surface area contributed by atoms with Gasteiger partial charge < -0.3 is 19.4 Å². The number of fused-ring (bicyclic) bond motifs is 2. The number of methoxy groups -OCH3 is 1. The van der Waals surface area contributed by atoms with Crippen molar-refractivity contribution < 1.29 is 9.47 Å². The van der Waals surface area contributed by atoms with Gasteiger partial charge in [-0.25, -0.2) is 9.50 Å². The highest BCUT2D eigenvalue weighted by molar-refractivity contribution is 5.92. The third-order valence-corrected chi connectivity index (χ3v) is 8.12. The van der Waals surface area contributed by atoms with Crippen LogP contribution in [-0.4, -0.2) is 64.4 Å². The first-order valence-electron chi connectivity index (χ1n) is 13.4. The molecule has 0 spiro atoms. The first-order valence-corrected chi connectivity index (χ1v) is 13.4. The highest BCUT2D eigenvalue weighted by Gasteiger charge is 2.25. The number of hydrogen-bond acceptors (Lipinski definition) is 5. The average molecular weight is 488 g/mol. The van der Waals surface area contributed by atoms with Crippen LogP contribution in [-0.2, 0) is 4.74 Å². The molecule has 3 aromatic heterocycles. The molecule has 0 unspecified atom stereocenters. The Bertz CT molecular complexity index is 1340. The zero-order chi connectivity index (χ0) is 24.6. The van der Waals surface area contributed by atoms with Gasteiger partial charge in [-0.3, -0.25) is 0 Å². The quantitative estimate of drug-likeness (QED) is 0.383. The summed E-state index contributed by atoms with van der Waals surface area (Å²) in [6.45, 7) is 10.0. The SMILES string of the molecule is COc1cc(-c2[nH]c3ccc(C4CCN(C[C@H]5CCCOC5)CC4)cc3c2C(C)C)cn2ncnc12. The molecule has 0 aliphatic carbocycles. The van der Waals surface area contributed by atoms with Crippen molar-refractivity contribution in [3.05, 3.63) is 47.9 Å². The van der Waals surface area contributed by atoms with Crippen LogP contribution in [0.5, 0.6) is 5.75 Å². The van der Waals surface area contributed by atoms with Crippen LogP contribution < -0.4 is 4.74 Å². The predicted molar refractivity (Wildman–Crippen MR) is 143 cm³/mol. The smallest absolute Gasteiger partial charge is 0.197 e. The van der Waals surface area contributed by atoms with Crippen LogP contribution in [0.1, 0.15) is 62.5 Å².